The number of fused-ring (bicyclic) bond motifs is 1. The average Bonchev–Trinajstić information content (AvgIpc) is 2.99. The second kappa shape index (κ2) is 7.27. The molecule has 5 heteroatoms. The summed E-state index contributed by atoms with van der Waals surface area (Å²) in [5.74, 6) is 0.433. The molecule has 0 spiro atoms. The van der Waals surface area contributed by atoms with E-state index in [9.17, 15) is 9.90 Å². The van der Waals surface area contributed by atoms with Crippen molar-refractivity contribution >= 4 is 5.91 Å². The van der Waals surface area contributed by atoms with Gasteiger partial charge in [-0.25, -0.2) is 0 Å². The number of carbonyl (C=O) groups excluding carboxylic acids is 1. The van der Waals surface area contributed by atoms with Crippen molar-refractivity contribution in [2.45, 2.75) is 70.3 Å². The summed E-state index contributed by atoms with van der Waals surface area (Å²) >= 11 is 0. The van der Waals surface area contributed by atoms with Gasteiger partial charge in [0, 0.05) is 23.9 Å². The van der Waals surface area contributed by atoms with Crippen LogP contribution < -0.4 is 5.32 Å². The number of hydrogen-bond acceptors (Lipinski definition) is 3. The molecule has 122 valence electrons. The van der Waals surface area contributed by atoms with Gasteiger partial charge < -0.3 is 10.4 Å². The van der Waals surface area contributed by atoms with Crippen LogP contribution in [0.5, 0.6) is 0 Å². The molecule has 1 fully saturated rings. The van der Waals surface area contributed by atoms with E-state index < -0.39 is 0 Å². The number of aryl methyl sites for hydroxylation is 1. The molecule has 22 heavy (non-hydrogen) atoms. The van der Waals surface area contributed by atoms with Crippen LogP contribution in [-0.4, -0.2) is 33.9 Å². The van der Waals surface area contributed by atoms with Crippen molar-refractivity contribution in [1.82, 2.24) is 15.5 Å². The van der Waals surface area contributed by atoms with E-state index in [4.69, 9.17) is 0 Å². The van der Waals surface area contributed by atoms with E-state index in [0.29, 0.717) is 18.0 Å². The number of hydrogen-bond donors (Lipinski definition) is 3. The molecular weight excluding hydrogens is 278 g/mol. The molecule has 0 bridgehead atoms. The third-order valence-corrected chi connectivity index (χ3v) is 5.25. The molecule has 1 heterocycles. The van der Waals surface area contributed by atoms with E-state index in [0.717, 1.165) is 43.4 Å². The zero-order valence-electron chi connectivity index (χ0n) is 13.2. The highest BCUT2D eigenvalue weighted by atomic mass is 16.3. The summed E-state index contributed by atoms with van der Waals surface area (Å²) < 4.78 is 0. The highest BCUT2D eigenvalue weighted by Gasteiger charge is 2.28. The Labute approximate surface area is 131 Å². The maximum absolute atomic E-state index is 12.6. The Morgan fingerprint density at radius 3 is 2.77 bits per heavy atom. The highest BCUT2D eigenvalue weighted by molar-refractivity contribution is 5.94. The molecule has 1 aromatic rings. The predicted molar refractivity (Wildman–Crippen MR) is 84.8 cm³/mol. The topological polar surface area (TPSA) is 78.0 Å². The molecule has 1 unspecified atom stereocenters. The number of aliphatic hydroxyl groups excluding tert-OH is 1. The number of aliphatic hydroxyl groups is 1. The summed E-state index contributed by atoms with van der Waals surface area (Å²) in [5.41, 5.74) is 2.82. The Balaban J connectivity index is 1.69. The van der Waals surface area contributed by atoms with Crippen molar-refractivity contribution in [3.8, 4) is 0 Å². The number of carbonyl (C=O) groups is 1. The van der Waals surface area contributed by atoms with Gasteiger partial charge >= 0.3 is 0 Å². The lowest BCUT2D eigenvalue weighted by molar-refractivity contribution is 0.0893. The Hall–Kier alpha value is -1.36. The quantitative estimate of drug-likeness (QED) is 0.781. The SMILES string of the molecule is O=C(NC(CCO)C1CCCCC1)c1n[nH]c2c1CCCC2. The number of H-pyrrole nitrogens is 1. The summed E-state index contributed by atoms with van der Waals surface area (Å²) in [5, 5.41) is 19.8. The molecule has 1 atom stereocenters. The summed E-state index contributed by atoms with van der Waals surface area (Å²) in [6.45, 7) is 0.125. The van der Waals surface area contributed by atoms with Gasteiger partial charge in [-0.3, -0.25) is 9.89 Å². The van der Waals surface area contributed by atoms with Gasteiger partial charge in [-0.05, 0) is 50.9 Å². The largest absolute Gasteiger partial charge is 0.396 e. The van der Waals surface area contributed by atoms with Crippen LogP contribution in [0, 0.1) is 5.92 Å². The lowest BCUT2D eigenvalue weighted by Crippen LogP contribution is -2.42. The Kier molecular flexibility index (Phi) is 5.13. The first-order valence-electron chi connectivity index (χ1n) is 8.77. The van der Waals surface area contributed by atoms with Crippen LogP contribution in [0.15, 0.2) is 0 Å². The van der Waals surface area contributed by atoms with Crippen molar-refractivity contribution in [2.24, 2.45) is 5.92 Å². The van der Waals surface area contributed by atoms with Gasteiger partial charge in [-0.15, -0.1) is 0 Å². The Bertz CT molecular complexity index is 506. The van der Waals surface area contributed by atoms with Crippen LogP contribution in [0.4, 0.5) is 0 Å². The fourth-order valence-corrected chi connectivity index (χ4v) is 4.01. The number of rotatable bonds is 5. The third-order valence-electron chi connectivity index (χ3n) is 5.25. The molecule has 2 aliphatic rings. The second-order valence-corrected chi connectivity index (χ2v) is 6.73. The van der Waals surface area contributed by atoms with Gasteiger partial charge in [-0.2, -0.15) is 5.10 Å². The normalized spacial score (nSPS) is 20.4. The van der Waals surface area contributed by atoms with Crippen LogP contribution in [0.25, 0.3) is 0 Å². The molecule has 0 saturated heterocycles. The number of amides is 1. The Morgan fingerprint density at radius 2 is 2.00 bits per heavy atom. The van der Waals surface area contributed by atoms with E-state index >= 15 is 0 Å². The van der Waals surface area contributed by atoms with Gasteiger partial charge in [0.15, 0.2) is 5.69 Å². The van der Waals surface area contributed by atoms with Crippen molar-refractivity contribution < 1.29 is 9.90 Å². The predicted octanol–water partition coefficient (Wildman–Crippen LogP) is 2.35. The van der Waals surface area contributed by atoms with E-state index in [1.165, 1.54) is 25.7 Å². The molecule has 3 N–H and O–H groups in total. The average molecular weight is 305 g/mol. The molecule has 5 nitrogen and oxygen atoms in total. The first-order chi connectivity index (χ1) is 10.8. The van der Waals surface area contributed by atoms with Gasteiger partial charge in [0.25, 0.3) is 5.91 Å². The van der Waals surface area contributed by atoms with Gasteiger partial charge in [0.05, 0.1) is 0 Å². The van der Waals surface area contributed by atoms with Crippen molar-refractivity contribution in [3.05, 3.63) is 17.0 Å². The van der Waals surface area contributed by atoms with Crippen LogP contribution >= 0.6 is 0 Å². The number of nitrogens with zero attached hydrogens (tertiary/aromatic N) is 1. The maximum atomic E-state index is 12.6. The Morgan fingerprint density at radius 1 is 1.23 bits per heavy atom. The number of aromatic nitrogens is 2. The number of aromatic amines is 1. The fraction of sp³-hybridized carbons (Fsp3) is 0.765. The van der Waals surface area contributed by atoms with Crippen molar-refractivity contribution in [2.75, 3.05) is 6.61 Å². The van der Waals surface area contributed by atoms with E-state index in [1.807, 2.05) is 0 Å². The molecule has 2 aliphatic carbocycles. The minimum absolute atomic E-state index is 0.0663. The lowest BCUT2D eigenvalue weighted by atomic mass is 9.82. The van der Waals surface area contributed by atoms with Crippen molar-refractivity contribution in [3.63, 3.8) is 0 Å². The first kappa shape index (κ1) is 15.5. The lowest BCUT2D eigenvalue weighted by Gasteiger charge is -2.30. The van der Waals surface area contributed by atoms with E-state index in [-0.39, 0.29) is 18.6 Å². The van der Waals surface area contributed by atoms with Crippen LogP contribution in [0.1, 0.15) is 73.1 Å². The minimum Gasteiger partial charge on any atom is -0.396 e. The van der Waals surface area contributed by atoms with Gasteiger partial charge in [0.1, 0.15) is 0 Å². The molecule has 1 amide bonds. The third kappa shape index (κ3) is 3.35. The number of nitrogens with one attached hydrogen (secondary N) is 2. The zero-order chi connectivity index (χ0) is 15.4. The smallest absolute Gasteiger partial charge is 0.272 e. The molecule has 1 aromatic heterocycles. The summed E-state index contributed by atoms with van der Waals surface area (Å²) in [7, 11) is 0. The van der Waals surface area contributed by atoms with Gasteiger partial charge in [0.2, 0.25) is 0 Å². The molecule has 3 rings (SSSR count). The van der Waals surface area contributed by atoms with E-state index in [1.54, 1.807) is 0 Å². The van der Waals surface area contributed by atoms with Crippen LogP contribution in [0.3, 0.4) is 0 Å². The molecule has 0 aliphatic heterocycles. The van der Waals surface area contributed by atoms with E-state index in [2.05, 4.69) is 15.5 Å². The first-order valence-corrected chi connectivity index (χ1v) is 8.77. The molecule has 0 radical (unpaired) electrons. The maximum Gasteiger partial charge on any atom is 0.272 e. The van der Waals surface area contributed by atoms with Crippen LogP contribution in [0.2, 0.25) is 0 Å². The fourth-order valence-electron chi connectivity index (χ4n) is 4.01. The zero-order valence-corrected chi connectivity index (χ0v) is 13.2. The summed E-state index contributed by atoms with van der Waals surface area (Å²) in [4.78, 5) is 12.6. The van der Waals surface area contributed by atoms with Crippen molar-refractivity contribution in [1.29, 1.82) is 0 Å². The van der Waals surface area contributed by atoms with Crippen LogP contribution in [-0.2, 0) is 12.8 Å². The molecule has 1 saturated carbocycles. The summed E-state index contributed by atoms with van der Waals surface area (Å²) in [6.07, 6.45) is 11.0. The highest BCUT2D eigenvalue weighted by Crippen LogP contribution is 2.28. The summed E-state index contributed by atoms with van der Waals surface area (Å²) in [6, 6.07) is 0.0775. The molecular formula is C17H27N3O2. The standard InChI is InChI=1S/C17H27N3O2/c21-11-10-14(12-6-2-1-3-7-12)18-17(22)16-13-8-4-5-9-15(13)19-20-16/h12,14,21H,1-11H2,(H,18,22)(H,19,20). The van der Waals surface area contributed by atoms with Gasteiger partial charge in [-0.1, -0.05) is 19.3 Å². The monoisotopic (exact) mass is 305 g/mol. The second-order valence-electron chi connectivity index (χ2n) is 6.73. The minimum atomic E-state index is -0.0663. The molecule has 0 aromatic carbocycles.